The van der Waals surface area contributed by atoms with Crippen molar-refractivity contribution >= 4 is 52.8 Å². The van der Waals surface area contributed by atoms with Crippen LogP contribution in [-0.4, -0.2) is 38.4 Å². The molecule has 0 aliphatic rings. The van der Waals surface area contributed by atoms with Crippen LogP contribution in [0.2, 0.25) is 5.02 Å². The van der Waals surface area contributed by atoms with Gasteiger partial charge in [-0.15, -0.1) is 5.10 Å². The Hall–Kier alpha value is -0.890. The molecular weight excluding hydrogens is 382 g/mol. The summed E-state index contributed by atoms with van der Waals surface area (Å²) in [5.74, 6) is 0.475. The Bertz CT molecular complexity index is 745. The maximum absolute atomic E-state index is 12.4. The number of thioether (sulfide) groups is 1. The summed E-state index contributed by atoms with van der Waals surface area (Å²) in [5, 5.41) is 5.18. The van der Waals surface area contributed by atoms with Gasteiger partial charge in [0.15, 0.2) is 8.29 Å². The zero-order valence-corrected chi connectivity index (χ0v) is 17.2. The summed E-state index contributed by atoms with van der Waals surface area (Å²) < 4.78 is 3.14. The third kappa shape index (κ3) is 4.81. The smallest absolute Gasteiger partial charge is 0.233 e. The van der Waals surface area contributed by atoms with Crippen LogP contribution in [0.1, 0.15) is 27.7 Å². The molecule has 0 spiro atoms. The molecule has 0 aliphatic carbocycles. The summed E-state index contributed by atoms with van der Waals surface area (Å²) in [6, 6.07) is 7.72. The number of nitrogens with zero attached hydrogens (tertiary/aromatic N) is 3. The van der Waals surface area contributed by atoms with Crippen molar-refractivity contribution in [2.75, 3.05) is 5.75 Å². The molecule has 2 aromatic rings. The molecule has 0 radical (unpaired) electrons. The van der Waals surface area contributed by atoms with E-state index >= 15 is 0 Å². The highest BCUT2D eigenvalue weighted by Crippen LogP contribution is 2.25. The molecule has 1 heterocycles. The van der Waals surface area contributed by atoms with E-state index < -0.39 is 0 Å². The molecule has 0 fully saturated rings. The number of aromatic nitrogens is 2. The van der Waals surface area contributed by atoms with Gasteiger partial charge in [0, 0.05) is 17.1 Å². The Morgan fingerprint density at radius 3 is 2.42 bits per heavy atom. The molecule has 130 valence electrons. The molecule has 24 heavy (non-hydrogen) atoms. The van der Waals surface area contributed by atoms with Crippen LogP contribution in [-0.2, 0) is 4.79 Å². The summed E-state index contributed by atoms with van der Waals surface area (Å²) in [5.41, 5.74) is 0.866. The number of amides is 1. The molecule has 1 amide bonds. The number of hydrogen-bond acceptors (Lipinski definition) is 5. The topological polar surface area (TPSA) is 38.1 Å². The fourth-order valence-electron chi connectivity index (χ4n) is 2.43. The molecule has 0 bridgehead atoms. The zero-order chi connectivity index (χ0) is 17.9. The van der Waals surface area contributed by atoms with Gasteiger partial charge in [-0.1, -0.05) is 34.7 Å². The Kier molecular flexibility index (Phi) is 6.86. The fraction of sp³-hybridized carbons (Fsp3) is 0.438. The molecule has 1 aromatic carbocycles. The summed E-state index contributed by atoms with van der Waals surface area (Å²) in [6.07, 6.45) is 0. The van der Waals surface area contributed by atoms with Gasteiger partial charge in [0.25, 0.3) is 0 Å². The van der Waals surface area contributed by atoms with E-state index in [4.69, 9.17) is 23.8 Å². The quantitative estimate of drug-likeness (QED) is 0.501. The molecule has 0 N–H and O–H groups in total. The average Bonchev–Trinajstić information content (AvgIpc) is 2.86. The molecule has 8 heteroatoms. The van der Waals surface area contributed by atoms with Crippen LogP contribution in [0.25, 0.3) is 5.69 Å². The predicted molar refractivity (Wildman–Crippen MR) is 105 cm³/mol. The molecular formula is C16H20ClN3OS3. The number of carbonyl (C=O) groups excluding carboxylic acids is 1. The van der Waals surface area contributed by atoms with Crippen molar-refractivity contribution in [1.82, 2.24) is 14.7 Å². The highest BCUT2D eigenvalue weighted by molar-refractivity contribution is 8.01. The molecule has 0 aliphatic heterocycles. The molecule has 2 rings (SSSR count). The van der Waals surface area contributed by atoms with E-state index in [0.717, 1.165) is 10.0 Å². The lowest BCUT2D eigenvalue weighted by molar-refractivity contribution is -0.131. The van der Waals surface area contributed by atoms with E-state index in [9.17, 15) is 4.79 Å². The highest BCUT2D eigenvalue weighted by atomic mass is 35.5. The summed E-state index contributed by atoms with van der Waals surface area (Å²) in [6.45, 7) is 8.12. The predicted octanol–water partition coefficient (Wildman–Crippen LogP) is 5.05. The van der Waals surface area contributed by atoms with Gasteiger partial charge in [0.1, 0.15) is 0 Å². The second-order valence-corrected chi connectivity index (χ2v) is 9.08. The number of hydrogen-bond donors (Lipinski definition) is 0. The van der Waals surface area contributed by atoms with Crippen molar-refractivity contribution in [1.29, 1.82) is 0 Å². The van der Waals surface area contributed by atoms with Gasteiger partial charge in [-0.05, 0) is 64.2 Å². The fourth-order valence-corrected chi connectivity index (χ4v) is 4.79. The lowest BCUT2D eigenvalue weighted by Gasteiger charge is -2.30. The molecule has 0 saturated heterocycles. The maximum atomic E-state index is 12.4. The number of carbonyl (C=O) groups is 1. The van der Waals surface area contributed by atoms with Gasteiger partial charge in [0.05, 0.1) is 11.4 Å². The third-order valence-corrected chi connectivity index (χ3v) is 5.92. The lowest BCUT2D eigenvalue weighted by Crippen LogP contribution is -2.43. The van der Waals surface area contributed by atoms with Crippen LogP contribution < -0.4 is 0 Å². The molecule has 4 nitrogen and oxygen atoms in total. The first kappa shape index (κ1) is 19.4. The van der Waals surface area contributed by atoms with Gasteiger partial charge >= 0.3 is 0 Å². The number of halogens is 1. The van der Waals surface area contributed by atoms with Crippen LogP contribution in [0, 0.1) is 3.95 Å². The minimum atomic E-state index is 0.115. The van der Waals surface area contributed by atoms with Crippen LogP contribution in [0.5, 0.6) is 0 Å². The van der Waals surface area contributed by atoms with Gasteiger partial charge in [-0.2, -0.15) is 0 Å². The van der Waals surface area contributed by atoms with Crippen molar-refractivity contribution in [3.8, 4) is 5.69 Å². The first-order valence-corrected chi connectivity index (χ1v) is 10.2. The van der Waals surface area contributed by atoms with Gasteiger partial charge in [-0.25, -0.2) is 4.68 Å². The zero-order valence-electron chi connectivity index (χ0n) is 14.0. The largest absolute Gasteiger partial charge is 0.337 e. The van der Waals surface area contributed by atoms with Crippen molar-refractivity contribution in [2.45, 2.75) is 44.1 Å². The van der Waals surface area contributed by atoms with Crippen LogP contribution in [0.4, 0.5) is 0 Å². The van der Waals surface area contributed by atoms with Gasteiger partial charge < -0.3 is 4.90 Å². The molecule has 0 saturated carbocycles. The van der Waals surface area contributed by atoms with E-state index in [2.05, 4.69) is 5.10 Å². The lowest BCUT2D eigenvalue weighted by atomic mass is 10.2. The standard InChI is InChI=1S/C16H20ClN3OS3/c1-10(2)19(11(3)4)14(21)9-23-15-18-20(16(22)24-15)13-7-5-12(17)6-8-13/h5-8,10-11H,9H2,1-4H3. The van der Waals surface area contributed by atoms with Crippen molar-refractivity contribution in [3.05, 3.63) is 33.2 Å². The minimum absolute atomic E-state index is 0.115. The third-order valence-electron chi connectivity index (χ3n) is 3.32. The highest BCUT2D eigenvalue weighted by Gasteiger charge is 2.20. The molecule has 1 aromatic heterocycles. The Morgan fingerprint density at radius 1 is 1.29 bits per heavy atom. The maximum Gasteiger partial charge on any atom is 0.233 e. The van der Waals surface area contributed by atoms with E-state index in [1.807, 2.05) is 44.7 Å². The first-order valence-electron chi connectivity index (χ1n) is 7.59. The van der Waals surface area contributed by atoms with E-state index in [1.165, 1.54) is 23.1 Å². The number of rotatable bonds is 6. The van der Waals surface area contributed by atoms with E-state index in [1.54, 1.807) is 16.8 Å². The van der Waals surface area contributed by atoms with E-state index in [0.29, 0.717) is 14.7 Å². The van der Waals surface area contributed by atoms with Crippen LogP contribution in [0.15, 0.2) is 28.6 Å². The summed E-state index contributed by atoms with van der Waals surface area (Å²) in [4.78, 5) is 14.3. The second kappa shape index (κ2) is 8.47. The SMILES string of the molecule is CC(C)N(C(=O)CSc1nn(-c2ccc(Cl)cc2)c(=S)s1)C(C)C. The van der Waals surface area contributed by atoms with Gasteiger partial charge in [-0.3, -0.25) is 4.79 Å². The normalized spacial score (nSPS) is 11.3. The number of benzene rings is 1. The summed E-state index contributed by atoms with van der Waals surface area (Å²) >= 11 is 14.1. The van der Waals surface area contributed by atoms with Crippen molar-refractivity contribution in [3.63, 3.8) is 0 Å². The van der Waals surface area contributed by atoms with Crippen LogP contribution in [0.3, 0.4) is 0 Å². The van der Waals surface area contributed by atoms with Gasteiger partial charge in [0.2, 0.25) is 5.91 Å². The Balaban J connectivity index is 2.09. The minimum Gasteiger partial charge on any atom is -0.337 e. The first-order chi connectivity index (χ1) is 11.3. The Morgan fingerprint density at radius 2 is 1.88 bits per heavy atom. The molecule has 0 unspecified atom stereocenters. The van der Waals surface area contributed by atoms with E-state index in [-0.39, 0.29) is 18.0 Å². The Labute approximate surface area is 160 Å². The monoisotopic (exact) mass is 401 g/mol. The van der Waals surface area contributed by atoms with Crippen LogP contribution >= 0.6 is 46.9 Å². The second-order valence-electron chi connectivity index (χ2n) is 5.80. The van der Waals surface area contributed by atoms with Crippen molar-refractivity contribution < 1.29 is 4.79 Å². The van der Waals surface area contributed by atoms with Crippen molar-refractivity contribution in [2.24, 2.45) is 0 Å². The summed E-state index contributed by atoms with van der Waals surface area (Å²) in [7, 11) is 0. The molecule has 0 atom stereocenters. The average molecular weight is 402 g/mol.